The Balaban J connectivity index is 1.81. The highest BCUT2D eigenvalue weighted by Crippen LogP contribution is 2.21. The number of rotatable bonds is 3. The predicted octanol–water partition coefficient (Wildman–Crippen LogP) is 2.14. The van der Waals surface area contributed by atoms with E-state index in [1.54, 1.807) is 0 Å². The fraction of sp³-hybridized carbons (Fsp3) is 0.750. The van der Waals surface area contributed by atoms with E-state index in [2.05, 4.69) is 21.4 Å². The second kappa shape index (κ2) is 5.19. The molecule has 0 aromatic carbocycles. The first kappa shape index (κ1) is 11.9. The molecule has 1 aliphatic rings. The molecular formula is C12H20ClN3. The molecule has 0 radical (unpaired) electrons. The van der Waals surface area contributed by atoms with Gasteiger partial charge in [-0.15, -0.1) is 11.6 Å². The standard InChI is InChI=1S/C12H20ClN3/c1-10-3-5-15(9-12(10)13)7-8-16-6-4-14-11(16)2/h4,6,10,12H,3,5,7-9H2,1-2H3. The van der Waals surface area contributed by atoms with Crippen LogP contribution in [0.4, 0.5) is 0 Å². The average molecular weight is 242 g/mol. The van der Waals surface area contributed by atoms with Crippen LogP contribution in [0.25, 0.3) is 0 Å². The summed E-state index contributed by atoms with van der Waals surface area (Å²) in [7, 11) is 0. The van der Waals surface area contributed by atoms with Gasteiger partial charge in [-0.1, -0.05) is 6.92 Å². The fourth-order valence-electron chi connectivity index (χ4n) is 2.18. The zero-order valence-corrected chi connectivity index (χ0v) is 10.8. The van der Waals surface area contributed by atoms with E-state index >= 15 is 0 Å². The van der Waals surface area contributed by atoms with Gasteiger partial charge >= 0.3 is 0 Å². The first-order valence-electron chi connectivity index (χ1n) is 6.01. The third kappa shape index (κ3) is 2.77. The van der Waals surface area contributed by atoms with Gasteiger partial charge in [-0.3, -0.25) is 0 Å². The molecule has 1 aromatic heterocycles. The van der Waals surface area contributed by atoms with Gasteiger partial charge in [0, 0.05) is 37.4 Å². The Labute approximate surface area is 102 Å². The second-order valence-electron chi connectivity index (χ2n) is 4.75. The monoisotopic (exact) mass is 241 g/mol. The summed E-state index contributed by atoms with van der Waals surface area (Å²) in [5.74, 6) is 1.75. The van der Waals surface area contributed by atoms with Gasteiger partial charge in [0.15, 0.2) is 0 Å². The van der Waals surface area contributed by atoms with Crippen molar-refractivity contribution in [3.63, 3.8) is 0 Å². The number of aryl methyl sites for hydroxylation is 1. The van der Waals surface area contributed by atoms with Crippen LogP contribution < -0.4 is 0 Å². The third-order valence-corrected chi connectivity index (χ3v) is 4.10. The summed E-state index contributed by atoms with van der Waals surface area (Å²) in [5, 5.41) is 0.317. The fourth-order valence-corrected chi connectivity index (χ4v) is 2.50. The summed E-state index contributed by atoms with van der Waals surface area (Å²) < 4.78 is 2.20. The number of imidazole rings is 1. The molecule has 0 aliphatic carbocycles. The number of likely N-dealkylation sites (tertiary alicyclic amines) is 1. The molecule has 1 saturated heterocycles. The van der Waals surface area contributed by atoms with E-state index in [0.717, 1.165) is 25.5 Å². The third-order valence-electron chi connectivity index (χ3n) is 3.53. The van der Waals surface area contributed by atoms with Crippen LogP contribution in [-0.2, 0) is 6.54 Å². The van der Waals surface area contributed by atoms with Crippen LogP contribution in [0.2, 0.25) is 0 Å². The van der Waals surface area contributed by atoms with Gasteiger partial charge in [-0.2, -0.15) is 0 Å². The minimum Gasteiger partial charge on any atom is -0.334 e. The highest BCUT2D eigenvalue weighted by atomic mass is 35.5. The smallest absolute Gasteiger partial charge is 0.105 e. The summed E-state index contributed by atoms with van der Waals surface area (Å²) in [6.07, 6.45) is 5.12. The lowest BCUT2D eigenvalue weighted by molar-refractivity contribution is 0.190. The van der Waals surface area contributed by atoms with Crippen molar-refractivity contribution >= 4 is 11.6 Å². The molecule has 2 atom stereocenters. The summed E-state index contributed by atoms with van der Waals surface area (Å²) >= 11 is 6.29. The number of nitrogens with zero attached hydrogens (tertiary/aromatic N) is 3. The molecule has 0 bridgehead atoms. The normalized spacial score (nSPS) is 27.2. The van der Waals surface area contributed by atoms with E-state index in [0.29, 0.717) is 11.3 Å². The van der Waals surface area contributed by atoms with Crippen molar-refractivity contribution in [3.8, 4) is 0 Å². The lowest BCUT2D eigenvalue weighted by atomic mass is 9.99. The van der Waals surface area contributed by atoms with Crippen molar-refractivity contribution in [1.82, 2.24) is 14.5 Å². The van der Waals surface area contributed by atoms with E-state index in [1.165, 1.54) is 13.0 Å². The lowest BCUT2D eigenvalue weighted by Crippen LogP contribution is -2.41. The molecule has 90 valence electrons. The number of alkyl halides is 1. The van der Waals surface area contributed by atoms with Gasteiger partial charge in [-0.05, 0) is 25.8 Å². The molecule has 0 saturated carbocycles. The Morgan fingerprint density at radius 1 is 1.50 bits per heavy atom. The van der Waals surface area contributed by atoms with Crippen molar-refractivity contribution in [2.75, 3.05) is 19.6 Å². The Bertz CT molecular complexity index is 337. The van der Waals surface area contributed by atoms with Crippen LogP contribution in [0.1, 0.15) is 19.2 Å². The Kier molecular flexibility index (Phi) is 3.87. The van der Waals surface area contributed by atoms with E-state index < -0.39 is 0 Å². The van der Waals surface area contributed by atoms with Gasteiger partial charge < -0.3 is 9.47 Å². The summed E-state index contributed by atoms with van der Waals surface area (Å²) in [6, 6.07) is 0. The SMILES string of the molecule is Cc1nccn1CCN1CCC(C)C(Cl)C1. The van der Waals surface area contributed by atoms with E-state index in [9.17, 15) is 0 Å². The Morgan fingerprint density at radius 3 is 2.94 bits per heavy atom. The van der Waals surface area contributed by atoms with Crippen molar-refractivity contribution < 1.29 is 0 Å². The lowest BCUT2D eigenvalue weighted by Gasteiger charge is -2.33. The van der Waals surface area contributed by atoms with Crippen LogP contribution in [0.15, 0.2) is 12.4 Å². The first-order valence-corrected chi connectivity index (χ1v) is 6.44. The average Bonchev–Trinajstić information content (AvgIpc) is 2.66. The zero-order chi connectivity index (χ0) is 11.5. The predicted molar refractivity (Wildman–Crippen MR) is 66.8 cm³/mol. The van der Waals surface area contributed by atoms with Crippen LogP contribution in [-0.4, -0.2) is 39.5 Å². The van der Waals surface area contributed by atoms with Crippen molar-refractivity contribution in [2.45, 2.75) is 32.2 Å². The molecule has 2 rings (SSSR count). The van der Waals surface area contributed by atoms with Gasteiger partial charge in [0.25, 0.3) is 0 Å². The summed E-state index contributed by atoms with van der Waals surface area (Å²) in [4.78, 5) is 6.68. The summed E-state index contributed by atoms with van der Waals surface area (Å²) in [5.41, 5.74) is 0. The molecule has 2 unspecified atom stereocenters. The molecule has 4 heteroatoms. The van der Waals surface area contributed by atoms with Crippen molar-refractivity contribution in [3.05, 3.63) is 18.2 Å². The molecule has 0 N–H and O–H groups in total. The van der Waals surface area contributed by atoms with Crippen molar-refractivity contribution in [2.24, 2.45) is 5.92 Å². The van der Waals surface area contributed by atoms with E-state index in [4.69, 9.17) is 11.6 Å². The first-order chi connectivity index (χ1) is 7.66. The molecule has 0 amide bonds. The molecule has 1 aromatic rings. The number of aromatic nitrogens is 2. The molecule has 16 heavy (non-hydrogen) atoms. The molecule has 1 fully saturated rings. The van der Waals surface area contributed by atoms with Gasteiger partial charge in [0.05, 0.1) is 0 Å². The van der Waals surface area contributed by atoms with Crippen LogP contribution in [0, 0.1) is 12.8 Å². The number of hydrogen-bond donors (Lipinski definition) is 0. The van der Waals surface area contributed by atoms with Crippen molar-refractivity contribution in [1.29, 1.82) is 0 Å². The highest BCUT2D eigenvalue weighted by Gasteiger charge is 2.23. The maximum Gasteiger partial charge on any atom is 0.105 e. The van der Waals surface area contributed by atoms with E-state index in [-0.39, 0.29) is 0 Å². The molecular weight excluding hydrogens is 222 g/mol. The number of hydrogen-bond acceptors (Lipinski definition) is 2. The second-order valence-corrected chi connectivity index (χ2v) is 5.31. The minimum absolute atomic E-state index is 0.317. The van der Waals surface area contributed by atoms with E-state index in [1.807, 2.05) is 19.3 Å². The van der Waals surface area contributed by atoms with Gasteiger partial charge in [-0.25, -0.2) is 4.98 Å². The zero-order valence-electron chi connectivity index (χ0n) is 10.1. The summed E-state index contributed by atoms with van der Waals surface area (Å²) in [6.45, 7) is 8.59. The highest BCUT2D eigenvalue weighted by molar-refractivity contribution is 6.21. The van der Waals surface area contributed by atoms with Gasteiger partial charge in [0.1, 0.15) is 5.82 Å². The molecule has 1 aliphatic heterocycles. The van der Waals surface area contributed by atoms with Crippen LogP contribution in [0.5, 0.6) is 0 Å². The maximum atomic E-state index is 6.29. The quantitative estimate of drug-likeness (QED) is 0.757. The Hall–Kier alpha value is -0.540. The Morgan fingerprint density at radius 2 is 2.31 bits per heavy atom. The number of halogens is 1. The minimum atomic E-state index is 0.317. The van der Waals surface area contributed by atoms with Crippen LogP contribution in [0.3, 0.4) is 0 Å². The largest absolute Gasteiger partial charge is 0.334 e. The molecule has 2 heterocycles. The van der Waals surface area contributed by atoms with Crippen LogP contribution >= 0.6 is 11.6 Å². The maximum absolute atomic E-state index is 6.29. The topological polar surface area (TPSA) is 21.1 Å². The molecule has 3 nitrogen and oxygen atoms in total. The molecule has 0 spiro atoms. The van der Waals surface area contributed by atoms with Gasteiger partial charge in [0.2, 0.25) is 0 Å². The number of piperidine rings is 1.